The highest BCUT2D eigenvalue weighted by molar-refractivity contribution is 5.72. The first-order chi connectivity index (χ1) is 20.2. The van der Waals surface area contributed by atoms with E-state index in [1.807, 2.05) is 0 Å². The van der Waals surface area contributed by atoms with Crippen LogP contribution in [0.1, 0.15) is 206 Å². The Labute approximate surface area is 257 Å². The van der Waals surface area contributed by atoms with Crippen LogP contribution in [0.25, 0.3) is 0 Å². The van der Waals surface area contributed by atoms with Crippen LogP contribution in [0.5, 0.6) is 0 Å². The minimum absolute atomic E-state index is 0.179. The predicted octanol–water partition coefficient (Wildman–Crippen LogP) is 11.2. The minimum atomic E-state index is -0.833. The van der Waals surface area contributed by atoms with Gasteiger partial charge in [-0.25, -0.2) is 0 Å². The summed E-state index contributed by atoms with van der Waals surface area (Å²) in [6.07, 6.45) is 37.1. The second kappa shape index (κ2) is 33.9. The molecule has 2 atom stereocenters. The van der Waals surface area contributed by atoms with Crippen LogP contribution in [-0.2, 0) is 9.53 Å². The number of aliphatic hydroxyl groups excluding tert-OH is 2. The number of carbonyl (C=O) groups excluding carboxylic acids is 1. The van der Waals surface area contributed by atoms with Crippen LogP contribution in [0.2, 0.25) is 0 Å². The SMILES string of the molecule is CCCCCCCCCCCCCCCCOC(=O)C(CCCCCCCCCCCCCCCC)CC(O)CO. The van der Waals surface area contributed by atoms with Gasteiger partial charge in [-0.1, -0.05) is 187 Å². The first-order valence-electron chi connectivity index (χ1n) is 18.6. The van der Waals surface area contributed by atoms with Gasteiger partial charge in [0.25, 0.3) is 0 Å². The van der Waals surface area contributed by atoms with Gasteiger partial charge in [-0.2, -0.15) is 0 Å². The summed E-state index contributed by atoms with van der Waals surface area (Å²) in [5.74, 6) is -0.469. The molecule has 0 saturated heterocycles. The van der Waals surface area contributed by atoms with E-state index in [4.69, 9.17) is 4.74 Å². The number of unbranched alkanes of at least 4 members (excludes halogenated alkanes) is 26. The van der Waals surface area contributed by atoms with E-state index < -0.39 is 6.10 Å². The Morgan fingerprint density at radius 1 is 0.512 bits per heavy atom. The van der Waals surface area contributed by atoms with Gasteiger partial charge in [-0.05, 0) is 19.3 Å². The third-order valence-electron chi connectivity index (χ3n) is 8.75. The lowest BCUT2D eigenvalue weighted by molar-refractivity contribution is -0.150. The molecule has 0 aromatic carbocycles. The second-order valence-electron chi connectivity index (χ2n) is 12.9. The van der Waals surface area contributed by atoms with Gasteiger partial charge in [-0.15, -0.1) is 0 Å². The second-order valence-corrected chi connectivity index (χ2v) is 12.9. The zero-order valence-electron chi connectivity index (χ0n) is 28.0. The number of carbonyl (C=O) groups is 1. The molecular formula is C37H74O4. The lowest BCUT2D eigenvalue weighted by Crippen LogP contribution is -2.25. The summed E-state index contributed by atoms with van der Waals surface area (Å²) < 4.78 is 5.59. The summed E-state index contributed by atoms with van der Waals surface area (Å²) in [4.78, 5) is 12.7. The number of ether oxygens (including phenoxy) is 1. The van der Waals surface area contributed by atoms with Crippen molar-refractivity contribution in [3.8, 4) is 0 Å². The van der Waals surface area contributed by atoms with Gasteiger partial charge in [-0.3, -0.25) is 4.79 Å². The number of aliphatic hydroxyl groups is 2. The fraction of sp³-hybridized carbons (Fsp3) is 0.973. The quantitative estimate of drug-likeness (QED) is 0.0585. The summed E-state index contributed by atoms with van der Waals surface area (Å²) in [5.41, 5.74) is 0. The zero-order chi connectivity index (χ0) is 30.1. The van der Waals surface area contributed by atoms with E-state index in [1.165, 1.54) is 154 Å². The summed E-state index contributed by atoms with van der Waals surface area (Å²) in [6.45, 7) is 4.75. The molecule has 0 aliphatic carbocycles. The molecule has 0 fully saturated rings. The van der Waals surface area contributed by atoms with E-state index in [9.17, 15) is 15.0 Å². The number of hydrogen-bond acceptors (Lipinski definition) is 4. The average molecular weight is 583 g/mol. The van der Waals surface area contributed by atoms with Crippen LogP contribution >= 0.6 is 0 Å². The lowest BCUT2D eigenvalue weighted by atomic mass is 9.94. The third kappa shape index (κ3) is 30.6. The average Bonchev–Trinajstić information content (AvgIpc) is 2.98. The molecule has 2 N–H and O–H groups in total. The lowest BCUT2D eigenvalue weighted by Gasteiger charge is -2.18. The smallest absolute Gasteiger partial charge is 0.309 e. The largest absolute Gasteiger partial charge is 0.465 e. The van der Waals surface area contributed by atoms with Crippen molar-refractivity contribution in [2.45, 2.75) is 213 Å². The molecule has 0 radical (unpaired) electrons. The van der Waals surface area contributed by atoms with Gasteiger partial charge >= 0.3 is 5.97 Å². The third-order valence-corrected chi connectivity index (χ3v) is 8.75. The molecule has 0 amide bonds. The van der Waals surface area contributed by atoms with Crippen molar-refractivity contribution < 1.29 is 19.7 Å². The van der Waals surface area contributed by atoms with Gasteiger partial charge in [0.1, 0.15) is 0 Å². The van der Waals surface area contributed by atoms with Crippen molar-refractivity contribution in [2.24, 2.45) is 5.92 Å². The van der Waals surface area contributed by atoms with Crippen molar-refractivity contribution >= 4 is 5.97 Å². The zero-order valence-corrected chi connectivity index (χ0v) is 28.0. The maximum atomic E-state index is 12.7. The van der Waals surface area contributed by atoms with Crippen LogP contribution < -0.4 is 0 Å². The first kappa shape index (κ1) is 40.4. The Morgan fingerprint density at radius 3 is 1.17 bits per heavy atom. The highest BCUT2D eigenvalue weighted by atomic mass is 16.5. The Hall–Kier alpha value is -0.610. The molecule has 2 unspecified atom stereocenters. The van der Waals surface area contributed by atoms with E-state index in [2.05, 4.69) is 13.8 Å². The molecule has 4 nitrogen and oxygen atoms in total. The molecule has 246 valence electrons. The Kier molecular flexibility index (Phi) is 33.4. The molecule has 4 heteroatoms. The predicted molar refractivity (Wildman–Crippen MR) is 177 cm³/mol. The van der Waals surface area contributed by atoms with Crippen molar-refractivity contribution in [3.63, 3.8) is 0 Å². The molecule has 0 saturated carbocycles. The summed E-state index contributed by atoms with van der Waals surface area (Å²) in [6, 6.07) is 0. The molecule has 0 heterocycles. The van der Waals surface area contributed by atoms with E-state index in [0.29, 0.717) is 13.0 Å². The highest BCUT2D eigenvalue weighted by Crippen LogP contribution is 2.20. The Balaban J connectivity index is 3.72. The number of esters is 1. The van der Waals surface area contributed by atoms with Crippen LogP contribution in [-0.4, -0.2) is 35.5 Å². The van der Waals surface area contributed by atoms with Gasteiger partial charge < -0.3 is 14.9 Å². The first-order valence-corrected chi connectivity index (χ1v) is 18.6. The van der Waals surface area contributed by atoms with Crippen molar-refractivity contribution in [1.82, 2.24) is 0 Å². The number of rotatable bonds is 34. The fourth-order valence-electron chi connectivity index (χ4n) is 5.91. The van der Waals surface area contributed by atoms with E-state index >= 15 is 0 Å². The van der Waals surface area contributed by atoms with E-state index in [0.717, 1.165) is 32.1 Å². The Bertz CT molecular complexity index is 509. The van der Waals surface area contributed by atoms with Gasteiger partial charge in [0.2, 0.25) is 0 Å². The van der Waals surface area contributed by atoms with Gasteiger partial charge in [0.15, 0.2) is 0 Å². The summed E-state index contributed by atoms with van der Waals surface area (Å²) >= 11 is 0. The molecule has 0 aromatic rings. The molecule has 0 spiro atoms. The van der Waals surface area contributed by atoms with Crippen molar-refractivity contribution in [1.29, 1.82) is 0 Å². The number of hydrogen-bond donors (Lipinski definition) is 2. The molecule has 0 aliphatic rings. The molecule has 0 aromatic heterocycles. The van der Waals surface area contributed by atoms with E-state index in [-0.39, 0.29) is 18.5 Å². The molecular weight excluding hydrogens is 508 g/mol. The van der Waals surface area contributed by atoms with Gasteiger partial charge in [0.05, 0.1) is 25.2 Å². The maximum Gasteiger partial charge on any atom is 0.309 e. The minimum Gasteiger partial charge on any atom is -0.465 e. The highest BCUT2D eigenvalue weighted by Gasteiger charge is 2.22. The van der Waals surface area contributed by atoms with Crippen LogP contribution in [0.4, 0.5) is 0 Å². The van der Waals surface area contributed by atoms with Crippen LogP contribution in [0.3, 0.4) is 0 Å². The molecule has 0 rings (SSSR count). The molecule has 0 bridgehead atoms. The van der Waals surface area contributed by atoms with Gasteiger partial charge in [0, 0.05) is 0 Å². The molecule has 0 aliphatic heterocycles. The topological polar surface area (TPSA) is 66.8 Å². The van der Waals surface area contributed by atoms with Crippen molar-refractivity contribution in [2.75, 3.05) is 13.2 Å². The van der Waals surface area contributed by atoms with Crippen LogP contribution in [0.15, 0.2) is 0 Å². The Morgan fingerprint density at radius 2 is 0.829 bits per heavy atom. The maximum absolute atomic E-state index is 12.7. The molecule has 41 heavy (non-hydrogen) atoms. The monoisotopic (exact) mass is 583 g/mol. The normalized spacial score (nSPS) is 13.0. The summed E-state index contributed by atoms with van der Waals surface area (Å²) in [7, 11) is 0. The van der Waals surface area contributed by atoms with E-state index in [1.54, 1.807) is 0 Å². The van der Waals surface area contributed by atoms with Crippen molar-refractivity contribution in [3.05, 3.63) is 0 Å². The van der Waals surface area contributed by atoms with Crippen LogP contribution in [0, 0.1) is 5.92 Å². The fourth-order valence-corrected chi connectivity index (χ4v) is 5.91. The standard InChI is InChI=1S/C37H74O4/c1-3-5-7-9-11-13-15-17-19-21-23-25-27-29-31-35(33-36(39)34-38)37(40)41-32-30-28-26-24-22-20-18-16-14-12-10-8-6-4-2/h35-36,38-39H,3-34H2,1-2H3. The summed E-state index contributed by atoms with van der Waals surface area (Å²) in [5, 5.41) is 19.2.